The molecule has 0 heterocycles. The lowest BCUT2D eigenvalue weighted by atomic mass is 9.77. The van der Waals surface area contributed by atoms with Crippen LogP contribution >= 0.6 is 0 Å². The summed E-state index contributed by atoms with van der Waals surface area (Å²) in [5.74, 6) is 2.80. The van der Waals surface area contributed by atoms with Gasteiger partial charge in [-0.3, -0.25) is 0 Å². The van der Waals surface area contributed by atoms with E-state index in [0.29, 0.717) is 0 Å². The van der Waals surface area contributed by atoms with Crippen LogP contribution in [0.15, 0.2) is 48.5 Å². The zero-order valence-corrected chi connectivity index (χ0v) is 16.4. The number of aryl methyl sites for hydroxylation is 1. The maximum absolute atomic E-state index is 2.40. The summed E-state index contributed by atoms with van der Waals surface area (Å²) in [6.07, 6.45) is 13.6. The van der Waals surface area contributed by atoms with Crippen molar-refractivity contribution in [3.05, 3.63) is 70.8 Å². The molecule has 0 unspecified atom stereocenters. The molecule has 2 aliphatic rings. The Bertz CT molecular complexity index is 667. The second-order valence-corrected chi connectivity index (χ2v) is 8.93. The predicted octanol–water partition coefficient (Wildman–Crippen LogP) is 6.79. The van der Waals surface area contributed by atoms with Crippen molar-refractivity contribution in [2.45, 2.75) is 71.1 Å². The normalized spacial score (nSPS) is 23.1. The quantitative estimate of drug-likeness (QED) is 0.517. The smallest absolute Gasteiger partial charge is 0.0250 e. The van der Waals surface area contributed by atoms with E-state index in [9.17, 15) is 0 Å². The van der Waals surface area contributed by atoms with Gasteiger partial charge >= 0.3 is 0 Å². The van der Waals surface area contributed by atoms with Gasteiger partial charge in [0, 0.05) is 0 Å². The van der Waals surface area contributed by atoms with Crippen LogP contribution in [0.25, 0.3) is 0 Å². The van der Waals surface area contributed by atoms with Gasteiger partial charge in [-0.05, 0) is 104 Å². The predicted molar refractivity (Wildman–Crippen MR) is 112 cm³/mol. The lowest BCUT2D eigenvalue weighted by molar-refractivity contribution is 0.272. The Morgan fingerprint density at radius 1 is 0.500 bits per heavy atom. The molecule has 2 aromatic carbocycles. The fourth-order valence-electron chi connectivity index (χ4n) is 4.68. The van der Waals surface area contributed by atoms with Crippen LogP contribution in [0.1, 0.15) is 67.7 Å². The van der Waals surface area contributed by atoms with E-state index in [1.54, 1.807) is 11.1 Å². The van der Waals surface area contributed by atoms with Crippen LogP contribution in [0.2, 0.25) is 0 Å². The fraction of sp³-hybridized carbons (Fsp3) is 0.538. The molecule has 0 radical (unpaired) electrons. The van der Waals surface area contributed by atoms with Crippen LogP contribution in [0.4, 0.5) is 0 Å². The highest BCUT2D eigenvalue weighted by Gasteiger charge is 2.23. The van der Waals surface area contributed by atoms with Gasteiger partial charge in [-0.2, -0.15) is 0 Å². The molecule has 2 aromatic rings. The molecule has 26 heavy (non-hydrogen) atoms. The van der Waals surface area contributed by atoms with Gasteiger partial charge < -0.3 is 0 Å². The summed E-state index contributed by atoms with van der Waals surface area (Å²) < 4.78 is 0. The highest BCUT2D eigenvalue weighted by atomic mass is 14.3. The molecular weight excluding hydrogens is 312 g/mol. The summed E-state index contributed by atoms with van der Waals surface area (Å²) in [6.45, 7) is 2.23. The first-order valence-electron chi connectivity index (χ1n) is 10.9. The summed E-state index contributed by atoms with van der Waals surface area (Å²) in [5, 5.41) is 0. The summed E-state index contributed by atoms with van der Waals surface area (Å²) in [7, 11) is 0. The molecule has 138 valence electrons. The van der Waals surface area contributed by atoms with Crippen LogP contribution in [0, 0.1) is 17.8 Å². The minimum Gasteiger partial charge on any atom is -0.0613 e. The van der Waals surface area contributed by atoms with Crippen molar-refractivity contribution < 1.29 is 0 Å². The van der Waals surface area contributed by atoms with Gasteiger partial charge in [0.2, 0.25) is 0 Å². The molecule has 0 bridgehead atoms. The van der Waals surface area contributed by atoms with Gasteiger partial charge in [-0.25, -0.2) is 0 Å². The molecule has 0 heteroatoms. The van der Waals surface area contributed by atoms with Crippen molar-refractivity contribution >= 4 is 0 Å². The Labute approximate surface area is 160 Å². The zero-order valence-electron chi connectivity index (χ0n) is 16.4. The Kier molecular flexibility index (Phi) is 5.78. The molecule has 0 saturated heterocycles. The van der Waals surface area contributed by atoms with E-state index in [1.165, 1.54) is 68.9 Å². The third-order valence-electron chi connectivity index (χ3n) is 6.69. The number of benzene rings is 2. The third kappa shape index (κ3) is 5.00. The molecule has 0 atom stereocenters. The van der Waals surface area contributed by atoms with E-state index in [-0.39, 0.29) is 0 Å². The van der Waals surface area contributed by atoms with Crippen molar-refractivity contribution in [2.75, 3.05) is 0 Å². The Morgan fingerprint density at radius 3 is 1.04 bits per heavy atom. The molecule has 0 aromatic heterocycles. The zero-order chi connectivity index (χ0) is 17.8. The van der Waals surface area contributed by atoms with Crippen molar-refractivity contribution in [2.24, 2.45) is 17.8 Å². The van der Waals surface area contributed by atoms with Gasteiger partial charge in [0.15, 0.2) is 0 Å². The van der Waals surface area contributed by atoms with Crippen LogP contribution in [0.3, 0.4) is 0 Å². The summed E-state index contributed by atoms with van der Waals surface area (Å²) in [5.41, 5.74) is 6.11. The van der Waals surface area contributed by atoms with Crippen molar-refractivity contribution in [3.8, 4) is 0 Å². The number of hydrogen-bond acceptors (Lipinski definition) is 0. The topological polar surface area (TPSA) is 0 Å². The molecular formula is C26H34. The minimum atomic E-state index is 0.902. The molecule has 2 fully saturated rings. The first kappa shape index (κ1) is 17.8. The number of rotatable bonds is 7. The molecule has 4 rings (SSSR count). The van der Waals surface area contributed by atoms with Crippen molar-refractivity contribution in [1.29, 1.82) is 0 Å². The highest BCUT2D eigenvalue weighted by Crippen LogP contribution is 2.34. The molecule has 0 N–H and O–H groups in total. The highest BCUT2D eigenvalue weighted by molar-refractivity contribution is 5.24. The van der Waals surface area contributed by atoms with E-state index in [1.807, 2.05) is 0 Å². The molecule has 0 amide bonds. The van der Waals surface area contributed by atoms with Gasteiger partial charge in [-0.15, -0.1) is 0 Å². The monoisotopic (exact) mass is 346 g/mol. The molecule has 0 nitrogen and oxygen atoms in total. The maximum atomic E-state index is 2.40. The molecule has 0 spiro atoms. The van der Waals surface area contributed by atoms with Crippen LogP contribution in [-0.4, -0.2) is 0 Å². The first-order valence-corrected chi connectivity index (χ1v) is 10.9. The van der Waals surface area contributed by atoms with E-state index in [2.05, 4.69) is 55.5 Å². The SMILES string of the molecule is CCc1ccc(CC2CCC(Cc3ccc(CC4CC4)cc3)CC2)cc1. The van der Waals surface area contributed by atoms with E-state index < -0.39 is 0 Å². The minimum absolute atomic E-state index is 0.902. The standard InChI is InChI=1S/C26H34/c1-2-20-3-5-21(6-4-20)17-22-7-9-23(10-8-22)18-24-11-13-25(14-12-24)19-26-15-16-26/h3-6,11-14,22-23,26H,2,7-10,15-19H2,1H3. The largest absolute Gasteiger partial charge is 0.0613 e. The molecule has 2 aliphatic carbocycles. The molecule has 0 aliphatic heterocycles. The summed E-state index contributed by atoms with van der Waals surface area (Å²) in [6, 6.07) is 18.9. The van der Waals surface area contributed by atoms with E-state index in [0.717, 1.165) is 24.2 Å². The average Bonchev–Trinajstić information content (AvgIpc) is 3.50. The van der Waals surface area contributed by atoms with E-state index >= 15 is 0 Å². The van der Waals surface area contributed by atoms with Crippen LogP contribution in [-0.2, 0) is 25.7 Å². The fourth-order valence-corrected chi connectivity index (χ4v) is 4.68. The Hall–Kier alpha value is -1.56. The molecule has 2 saturated carbocycles. The van der Waals surface area contributed by atoms with Gasteiger partial charge in [0.1, 0.15) is 0 Å². The van der Waals surface area contributed by atoms with Crippen LogP contribution in [0.5, 0.6) is 0 Å². The first-order chi connectivity index (χ1) is 12.8. The van der Waals surface area contributed by atoms with Gasteiger partial charge in [0.05, 0.1) is 0 Å². The van der Waals surface area contributed by atoms with Gasteiger partial charge in [0.25, 0.3) is 0 Å². The number of hydrogen-bond donors (Lipinski definition) is 0. The summed E-state index contributed by atoms with van der Waals surface area (Å²) >= 11 is 0. The van der Waals surface area contributed by atoms with Crippen LogP contribution < -0.4 is 0 Å². The average molecular weight is 347 g/mol. The third-order valence-corrected chi connectivity index (χ3v) is 6.69. The summed E-state index contributed by atoms with van der Waals surface area (Å²) in [4.78, 5) is 0. The maximum Gasteiger partial charge on any atom is -0.0250 e. The lowest BCUT2D eigenvalue weighted by Crippen LogP contribution is -2.18. The Balaban J connectivity index is 1.22. The van der Waals surface area contributed by atoms with Crippen molar-refractivity contribution in [3.63, 3.8) is 0 Å². The second-order valence-electron chi connectivity index (χ2n) is 8.93. The van der Waals surface area contributed by atoms with Gasteiger partial charge in [-0.1, -0.05) is 55.5 Å². The van der Waals surface area contributed by atoms with Crippen molar-refractivity contribution in [1.82, 2.24) is 0 Å². The lowest BCUT2D eigenvalue weighted by Gasteiger charge is -2.28. The Morgan fingerprint density at radius 2 is 0.769 bits per heavy atom. The van der Waals surface area contributed by atoms with E-state index in [4.69, 9.17) is 0 Å². The second kappa shape index (κ2) is 8.42.